The van der Waals surface area contributed by atoms with E-state index in [1.165, 1.54) is 0 Å². The van der Waals surface area contributed by atoms with Gasteiger partial charge in [0.25, 0.3) is 0 Å². The fourth-order valence-electron chi connectivity index (χ4n) is 2.05. The van der Waals surface area contributed by atoms with Crippen molar-refractivity contribution in [2.45, 2.75) is 25.9 Å². The van der Waals surface area contributed by atoms with Crippen molar-refractivity contribution in [2.75, 3.05) is 0 Å². The number of nitrogens with zero attached hydrogens (tertiary/aromatic N) is 3. The van der Waals surface area contributed by atoms with Gasteiger partial charge in [-0.05, 0) is 5.56 Å². The number of benzene rings is 1. The smallest absolute Gasteiger partial charge is 0.114 e. The zero-order valence-electron chi connectivity index (χ0n) is 9.28. The lowest BCUT2D eigenvalue weighted by Crippen LogP contribution is -2.22. The normalized spacial score (nSPS) is 19.0. The van der Waals surface area contributed by atoms with Crippen LogP contribution in [0.15, 0.2) is 30.3 Å². The highest BCUT2D eigenvalue weighted by atomic mass is 16.5. The van der Waals surface area contributed by atoms with Gasteiger partial charge in [0, 0.05) is 0 Å². The van der Waals surface area contributed by atoms with E-state index in [0.717, 1.165) is 11.3 Å². The minimum atomic E-state index is -0.0886. The molecule has 1 aromatic heterocycles. The highest BCUT2D eigenvalue weighted by molar-refractivity contribution is 5.19. The van der Waals surface area contributed by atoms with Gasteiger partial charge >= 0.3 is 0 Å². The number of hydrogen-bond acceptors (Lipinski definition) is 4. The molecule has 1 atom stereocenters. The van der Waals surface area contributed by atoms with Gasteiger partial charge in [-0.15, -0.1) is 5.10 Å². The second-order valence-electron chi connectivity index (χ2n) is 4.03. The van der Waals surface area contributed by atoms with Gasteiger partial charge in [0.1, 0.15) is 11.8 Å². The van der Waals surface area contributed by atoms with E-state index < -0.39 is 0 Å². The number of hydrogen-bond donors (Lipinski definition) is 1. The lowest BCUT2D eigenvalue weighted by atomic mass is 10.1. The fraction of sp³-hybridized carbons (Fsp3) is 0.333. The summed E-state index contributed by atoms with van der Waals surface area (Å²) in [5.74, 6) is 0. The number of rotatable bonds is 2. The van der Waals surface area contributed by atoms with E-state index in [2.05, 4.69) is 10.3 Å². The zero-order valence-corrected chi connectivity index (χ0v) is 9.28. The summed E-state index contributed by atoms with van der Waals surface area (Å²) in [7, 11) is 0. The second kappa shape index (κ2) is 4.27. The summed E-state index contributed by atoms with van der Waals surface area (Å²) in [6.45, 7) is 1.00. The van der Waals surface area contributed by atoms with Crippen LogP contribution < -0.4 is 0 Å². The summed E-state index contributed by atoms with van der Waals surface area (Å²) >= 11 is 0. The van der Waals surface area contributed by atoms with Crippen molar-refractivity contribution in [3.05, 3.63) is 47.3 Å². The molecule has 1 aliphatic rings. The van der Waals surface area contributed by atoms with Crippen LogP contribution in [0.2, 0.25) is 0 Å². The van der Waals surface area contributed by atoms with Gasteiger partial charge in [-0.3, -0.25) is 0 Å². The van der Waals surface area contributed by atoms with Crippen LogP contribution in [0, 0.1) is 0 Å². The molecule has 0 saturated carbocycles. The molecule has 2 heterocycles. The monoisotopic (exact) mass is 231 g/mol. The molecule has 1 aromatic carbocycles. The molecule has 0 radical (unpaired) electrons. The first-order valence-electron chi connectivity index (χ1n) is 5.57. The molecular weight excluding hydrogens is 218 g/mol. The van der Waals surface area contributed by atoms with Gasteiger partial charge in [0.2, 0.25) is 0 Å². The van der Waals surface area contributed by atoms with Crippen molar-refractivity contribution in [1.82, 2.24) is 15.0 Å². The molecular formula is C12H13N3O2. The molecule has 0 spiro atoms. The maximum absolute atomic E-state index is 9.09. The van der Waals surface area contributed by atoms with Crippen molar-refractivity contribution in [2.24, 2.45) is 0 Å². The molecule has 0 fully saturated rings. The third kappa shape index (κ3) is 1.83. The first-order valence-corrected chi connectivity index (χ1v) is 5.57. The maximum atomic E-state index is 9.09. The molecule has 0 amide bonds. The van der Waals surface area contributed by atoms with Crippen LogP contribution in [0.4, 0.5) is 0 Å². The summed E-state index contributed by atoms with van der Waals surface area (Å²) < 4.78 is 7.59. The standard InChI is InChI=1S/C12H13N3O2/c16-7-10-11-8-17-12(6-15(11)14-13-10)9-4-2-1-3-5-9/h1-5,12,16H,6-8H2/t12-/m1/s1. The van der Waals surface area contributed by atoms with Gasteiger partial charge < -0.3 is 9.84 Å². The fourth-order valence-corrected chi connectivity index (χ4v) is 2.05. The Kier molecular flexibility index (Phi) is 2.62. The van der Waals surface area contributed by atoms with Gasteiger partial charge in [0.15, 0.2) is 0 Å². The van der Waals surface area contributed by atoms with Gasteiger partial charge in [-0.2, -0.15) is 0 Å². The van der Waals surface area contributed by atoms with E-state index in [-0.39, 0.29) is 12.7 Å². The number of fused-ring (bicyclic) bond motifs is 1. The van der Waals surface area contributed by atoms with Gasteiger partial charge in [0.05, 0.1) is 25.5 Å². The second-order valence-corrected chi connectivity index (χ2v) is 4.03. The Morgan fingerprint density at radius 3 is 2.94 bits per heavy atom. The van der Waals surface area contributed by atoms with E-state index >= 15 is 0 Å². The summed E-state index contributed by atoms with van der Waals surface area (Å²) in [6.07, 6.45) is 0.0111. The van der Waals surface area contributed by atoms with Crippen LogP contribution in [0.3, 0.4) is 0 Å². The lowest BCUT2D eigenvalue weighted by Gasteiger charge is -2.24. The van der Waals surface area contributed by atoms with Crippen LogP contribution in [0.5, 0.6) is 0 Å². The average molecular weight is 231 g/mol. The van der Waals surface area contributed by atoms with Crippen molar-refractivity contribution in [3.8, 4) is 0 Å². The number of aromatic nitrogens is 3. The molecule has 0 unspecified atom stereocenters. The summed E-state index contributed by atoms with van der Waals surface area (Å²) in [4.78, 5) is 0. The molecule has 5 nitrogen and oxygen atoms in total. The van der Waals surface area contributed by atoms with Crippen LogP contribution >= 0.6 is 0 Å². The lowest BCUT2D eigenvalue weighted by molar-refractivity contribution is -0.00227. The Bertz CT molecular complexity index is 510. The highest BCUT2D eigenvalue weighted by Crippen LogP contribution is 2.26. The first kappa shape index (κ1) is 10.4. The van der Waals surface area contributed by atoms with Crippen LogP contribution in [-0.4, -0.2) is 20.1 Å². The van der Waals surface area contributed by atoms with Crippen LogP contribution in [0.1, 0.15) is 23.1 Å². The van der Waals surface area contributed by atoms with Crippen molar-refractivity contribution >= 4 is 0 Å². The maximum Gasteiger partial charge on any atom is 0.114 e. The van der Waals surface area contributed by atoms with E-state index in [4.69, 9.17) is 9.84 Å². The molecule has 88 valence electrons. The average Bonchev–Trinajstić information content (AvgIpc) is 2.81. The minimum absolute atomic E-state index is 0.0111. The van der Waals surface area contributed by atoms with E-state index in [0.29, 0.717) is 18.8 Å². The van der Waals surface area contributed by atoms with Crippen molar-refractivity contribution in [1.29, 1.82) is 0 Å². The third-order valence-corrected chi connectivity index (χ3v) is 3.00. The molecule has 5 heteroatoms. The SMILES string of the molecule is OCc1nnn2c1CO[C@@H](c1ccccc1)C2. The number of aliphatic hydroxyl groups excluding tert-OH is 1. The predicted molar refractivity (Wildman–Crippen MR) is 59.9 cm³/mol. The Hall–Kier alpha value is -1.72. The highest BCUT2D eigenvalue weighted by Gasteiger charge is 2.24. The van der Waals surface area contributed by atoms with Gasteiger partial charge in [-0.1, -0.05) is 35.5 Å². The largest absolute Gasteiger partial charge is 0.390 e. The van der Waals surface area contributed by atoms with Crippen molar-refractivity contribution < 1.29 is 9.84 Å². The number of ether oxygens (including phenoxy) is 1. The molecule has 1 aliphatic heterocycles. The quantitative estimate of drug-likeness (QED) is 0.839. The molecule has 3 rings (SSSR count). The third-order valence-electron chi connectivity index (χ3n) is 3.00. The summed E-state index contributed by atoms with van der Waals surface area (Å²) in [6, 6.07) is 10.1. The Morgan fingerprint density at radius 1 is 1.35 bits per heavy atom. The predicted octanol–water partition coefficient (Wildman–Crippen LogP) is 1.04. The summed E-state index contributed by atoms with van der Waals surface area (Å²) in [5.41, 5.74) is 2.62. The van der Waals surface area contributed by atoms with E-state index in [1.54, 1.807) is 0 Å². The zero-order chi connectivity index (χ0) is 11.7. The minimum Gasteiger partial charge on any atom is -0.390 e. The molecule has 1 N–H and O–H groups in total. The van der Waals surface area contributed by atoms with E-state index in [1.807, 2.05) is 35.0 Å². The molecule has 17 heavy (non-hydrogen) atoms. The molecule has 0 saturated heterocycles. The van der Waals surface area contributed by atoms with Crippen molar-refractivity contribution in [3.63, 3.8) is 0 Å². The topological polar surface area (TPSA) is 60.2 Å². The molecule has 0 aliphatic carbocycles. The van der Waals surface area contributed by atoms with Gasteiger partial charge in [-0.25, -0.2) is 4.68 Å². The first-order chi connectivity index (χ1) is 8.38. The number of aliphatic hydroxyl groups is 1. The van der Waals surface area contributed by atoms with Crippen LogP contribution in [0.25, 0.3) is 0 Å². The Labute approximate surface area is 98.6 Å². The molecule has 2 aromatic rings. The Morgan fingerprint density at radius 2 is 2.18 bits per heavy atom. The summed E-state index contributed by atoms with van der Waals surface area (Å²) in [5, 5.41) is 17.1. The molecule has 0 bridgehead atoms. The van der Waals surface area contributed by atoms with E-state index in [9.17, 15) is 0 Å². The Balaban J connectivity index is 1.86. The van der Waals surface area contributed by atoms with Crippen LogP contribution in [-0.2, 0) is 24.5 Å².